The minimum absolute atomic E-state index is 0.00543. The predicted octanol–water partition coefficient (Wildman–Crippen LogP) is 9.88. The van der Waals surface area contributed by atoms with Crippen LogP contribution in [0.25, 0.3) is 0 Å². The predicted molar refractivity (Wildman–Crippen MR) is 160 cm³/mol. The van der Waals surface area contributed by atoms with Crippen LogP contribution in [0, 0.1) is 12.8 Å². The number of hydrogen-bond acceptors (Lipinski definition) is 2. The van der Waals surface area contributed by atoms with Gasteiger partial charge in [-0.05, 0) is 100.0 Å². The molecule has 0 N–H and O–H groups in total. The molecule has 196 valence electrons. The summed E-state index contributed by atoms with van der Waals surface area (Å²) in [6, 6.07) is 6.13. The highest BCUT2D eigenvalue weighted by atomic mass is 35.5. The summed E-state index contributed by atoms with van der Waals surface area (Å²) >= 11 is 6.40. The van der Waals surface area contributed by atoms with Crippen molar-refractivity contribution in [3.63, 3.8) is 0 Å². The van der Waals surface area contributed by atoms with Crippen molar-refractivity contribution in [3.05, 3.63) is 93.2 Å². The van der Waals surface area contributed by atoms with Crippen molar-refractivity contribution in [3.8, 4) is 0 Å². The van der Waals surface area contributed by atoms with Gasteiger partial charge < -0.3 is 9.46 Å². The number of aryl methyl sites for hydroxylation is 1. The van der Waals surface area contributed by atoms with Gasteiger partial charge in [0.05, 0.1) is 7.14 Å². The molecular weight excluding hydrogens is 481 g/mol. The highest BCUT2D eigenvalue weighted by Gasteiger charge is 2.26. The molecule has 0 bridgehead atoms. The van der Waals surface area contributed by atoms with Gasteiger partial charge in [-0.2, -0.15) is 0 Å². The number of hydrogen-bond donors (Lipinski definition) is 0. The lowest BCUT2D eigenvalue weighted by atomic mass is 9.84. The first kappa shape index (κ1) is 28.8. The average molecular weight is 526 g/mol. The monoisotopic (exact) mass is 525 g/mol. The Hall–Kier alpha value is -1.76. The number of halogens is 1. The van der Waals surface area contributed by atoms with E-state index >= 15 is 0 Å². The fraction of sp³-hybridized carbons (Fsp3) is 0.500. The summed E-state index contributed by atoms with van der Waals surface area (Å²) in [7, 11) is -2.34. The molecule has 2 nitrogen and oxygen atoms in total. The topological polar surface area (TPSA) is 20.3 Å². The van der Waals surface area contributed by atoms with Crippen LogP contribution in [0.3, 0.4) is 0 Å². The van der Waals surface area contributed by atoms with Crippen LogP contribution in [0.4, 0.5) is 0 Å². The maximum atomic E-state index is 13.2. The SMILES string of the molecule is C=C(C)N(CCC1=CC=C(C2=CC=C(C(C)C)CC2)CC1)CCC(c1ccc(C)c(Cl)c1)P(C)(C)=O. The second kappa shape index (κ2) is 12.7. The van der Waals surface area contributed by atoms with E-state index in [-0.39, 0.29) is 5.66 Å². The number of allylic oxidation sites excluding steroid dienone is 8. The maximum absolute atomic E-state index is 13.2. The molecule has 0 radical (unpaired) electrons. The molecule has 3 rings (SSSR count). The summed E-state index contributed by atoms with van der Waals surface area (Å²) in [4.78, 5) is 2.36. The molecule has 0 heterocycles. The normalized spacial score (nSPS) is 17.2. The van der Waals surface area contributed by atoms with Crippen LogP contribution in [-0.2, 0) is 4.57 Å². The molecular formula is C32H45ClNOP. The van der Waals surface area contributed by atoms with Gasteiger partial charge in [0.25, 0.3) is 0 Å². The van der Waals surface area contributed by atoms with Crippen molar-refractivity contribution < 1.29 is 4.57 Å². The first-order valence-corrected chi connectivity index (χ1v) is 16.5. The molecule has 0 saturated carbocycles. The Bertz CT molecular complexity index is 1130. The largest absolute Gasteiger partial charge is 0.375 e. The molecule has 1 aromatic carbocycles. The number of nitrogens with zero attached hydrogens (tertiary/aromatic N) is 1. The van der Waals surface area contributed by atoms with Crippen LogP contribution in [-0.4, -0.2) is 31.3 Å². The Morgan fingerprint density at radius 2 is 1.69 bits per heavy atom. The zero-order chi connectivity index (χ0) is 26.5. The fourth-order valence-electron chi connectivity index (χ4n) is 5.26. The van der Waals surface area contributed by atoms with Crippen molar-refractivity contribution in [2.75, 3.05) is 26.4 Å². The van der Waals surface area contributed by atoms with Crippen molar-refractivity contribution >= 4 is 18.7 Å². The van der Waals surface area contributed by atoms with Gasteiger partial charge in [0.1, 0.15) is 0 Å². The lowest BCUT2D eigenvalue weighted by Crippen LogP contribution is -2.25. The number of rotatable bonds is 11. The van der Waals surface area contributed by atoms with Gasteiger partial charge in [-0.3, -0.25) is 0 Å². The summed E-state index contributed by atoms with van der Waals surface area (Å²) in [6.45, 7) is 18.5. The van der Waals surface area contributed by atoms with Crippen LogP contribution >= 0.6 is 18.7 Å². The van der Waals surface area contributed by atoms with Gasteiger partial charge in [0, 0.05) is 29.5 Å². The van der Waals surface area contributed by atoms with E-state index in [0.717, 1.165) is 60.6 Å². The van der Waals surface area contributed by atoms with Crippen LogP contribution in [0.1, 0.15) is 76.1 Å². The molecule has 1 unspecified atom stereocenters. The molecule has 0 spiro atoms. The van der Waals surface area contributed by atoms with Crippen molar-refractivity contribution in [1.29, 1.82) is 0 Å². The van der Waals surface area contributed by atoms with Crippen LogP contribution in [0.2, 0.25) is 5.02 Å². The van der Waals surface area contributed by atoms with Crippen molar-refractivity contribution in [1.82, 2.24) is 4.90 Å². The minimum Gasteiger partial charge on any atom is -0.375 e. The third-order valence-corrected chi connectivity index (χ3v) is 10.3. The van der Waals surface area contributed by atoms with Crippen LogP contribution in [0.15, 0.2) is 77.1 Å². The summed E-state index contributed by atoms with van der Waals surface area (Å²) in [5, 5.41) is 0.750. The van der Waals surface area contributed by atoms with Crippen LogP contribution < -0.4 is 0 Å². The molecule has 0 aliphatic heterocycles. The second-order valence-electron chi connectivity index (χ2n) is 11.3. The highest BCUT2D eigenvalue weighted by Crippen LogP contribution is 2.55. The van der Waals surface area contributed by atoms with Gasteiger partial charge in [0.2, 0.25) is 0 Å². The first-order chi connectivity index (χ1) is 17.0. The minimum atomic E-state index is -2.34. The van der Waals surface area contributed by atoms with Crippen LogP contribution in [0.5, 0.6) is 0 Å². The Morgan fingerprint density at radius 1 is 1.03 bits per heavy atom. The highest BCUT2D eigenvalue weighted by molar-refractivity contribution is 7.62. The summed E-state index contributed by atoms with van der Waals surface area (Å²) < 4.78 is 13.2. The van der Waals surface area contributed by atoms with Gasteiger partial charge in [0.15, 0.2) is 0 Å². The van der Waals surface area contributed by atoms with E-state index in [9.17, 15) is 4.57 Å². The smallest absolute Gasteiger partial charge is 0.0890 e. The number of benzene rings is 1. The van der Waals surface area contributed by atoms with E-state index in [1.54, 1.807) is 5.57 Å². The first-order valence-electron chi connectivity index (χ1n) is 13.5. The van der Waals surface area contributed by atoms with E-state index in [1.165, 1.54) is 29.6 Å². The molecule has 2 aliphatic carbocycles. The molecule has 0 fully saturated rings. The molecule has 0 amide bonds. The summed E-state index contributed by atoms with van der Waals surface area (Å²) in [5.74, 6) is 0.650. The van der Waals surface area contributed by atoms with E-state index < -0.39 is 7.14 Å². The third kappa shape index (κ3) is 7.87. The Labute approximate surface area is 225 Å². The third-order valence-electron chi connectivity index (χ3n) is 7.82. The van der Waals surface area contributed by atoms with Gasteiger partial charge in [-0.15, -0.1) is 0 Å². The zero-order valence-corrected chi connectivity index (χ0v) is 24.9. The van der Waals surface area contributed by atoms with Crippen molar-refractivity contribution in [2.24, 2.45) is 5.92 Å². The summed E-state index contributed by atoms with van der Waals surface area (Å²) in [5.41, 5.74) is 9.33. The summed E-state index contributed by atoms with van der Waals surface area (Å²) in [6.07, 6.45) is 15.9. The quantitative estimate of drug-likeness (QED) is 0.268. The maximum Gasteiger partial charge on any atom is 0.0890 e. The van der Waals surface area contributed by atoms with E-state index in [0.29, 0.717) is 5.92 Å². The van der Waals surface area contributed by atoms with E-state index in [2.05, 4.69) is 62.6 Å². The van der Waals surface area contributed by atoms with Gasteiger partial charge in [-0.1, -0.05) is 79.6 Å². The standard InChI is InChI=1S/C32H45ClNOP/c1-23(2)27-14-16-29(17-15-27)28-12-9-26(10-13-28)18-20-34(24(3)4)21-19-32(36(6,7)35)30-11-8-25(5)31(33)22-30/h8-9,11-12,14,16,22-23,32H,3,10,13,15,17-21H2,1-2,4-7H3. The Balaban J connectivity index is 1.62. The molecule has 1 aromatic rings. The molecule has 4 heteroatoms. The molecule has 0 saturated heterocycles. The Kier molecular flexibility index (Phi) is 10.1. The fourth-order valence-corrected chi connectivity index (χ4v) is 7.07. The molecule has 2 aliphatic rings. The van der Waals surface area contributed by atoms with Gasteiger partial charge >= 0.3 is 0 Å². The molecule has 0 aromatic heterocycles. The lowest BCUT2D eigenvalue weighted by Gasteiger charge is -2.30. The van der Waals surface area contributed by atoms with E-state index in [1.807, 2.05) is 32.4 Å². The molecule has 36 heavy (non-hydrogen) atoms. The molecule has 1 atom stereocenters. The second-order valence-corrected chi connectivity index (χ2v) is 15.2. The van der Waals surface area contributed by atoms with Gasteiger partial charge in [-0.25, -0.2) is 0 Å². The zero-order valence-electron chi connectivity index (χ0n) is 23.2. The lowest BCUT2D eigenvalue weighted by molar-refractivity contribution is 0.340. The van der Waals surface area contributed by atoms with Crippen molar-refractivity contribution in [2.45, 2.75) is 71.9 Å². The Morgan fingerprint density at radius 3 is 2.19 bits per heavy atom. The van der Waals surface area contributed by atoms with E-state index in [4.69, 9.17) is 11.6 Å². The average Bonchev–Trinajstić information content (AvgIpc) is 2.82.